The molecule has 24 heavy (non-hydrogen) atoms. The Morgan fingerprint density at radius 2 is 2.00 bits per heavy atom. The van der Waals surface area contributed by atoms with Gasteiger partial charge >= 0.3 is 0 Å². The third-order valence-electron chi connectivity index (χ3n) is 4.19. The third kappa shape index (κ3) is 3.84. The number of rotatable bonds is 4. The number of nitrogens with zero attached hydrogens (tertiary/aromatic N) is 2. The van der Waals surface area contributed by atoms with Crippen molar-refractivity contribution in [2.75, 3.05) is 0 Å². The summed E-state index contributed by atoms with van der Waals surface area (Å²) in [6.45, 7) is 4.37. The first-order chi connectivity index (χ1) is 11.5. The molecule has 1 aliphatic carbocycles. The van der Waals surface area contributed by atoms with E-state index in [0.29, 0.717) is 11.4 Å². The molecule has 0 saturated carbocycles. The molecule has 128 valence electrons. The number of fused-ring (bicyclic) bond motifs is 1. The van der Waals surface area contributed by atoms with Crippen LogP contribution >= 0.6 is 11.3 Å². The van der Waals surface area contributed by atoms with Crippen LogP contribution in [0.1, 0.15) is 50.8 Å². The number of carbonyl (C=O) groups excluding carboxylic acids is 2. The van der Waals surface area contributed by atoms with E-state index in [2.05, 4.69) is 16.0 Å². The van der Waals surface area contributed by atoms with Crippen molar-refractivity contribution in [3.8, 4) is 0 Å². The fraction of sp³-hybridized carbons (Fsp3) is 0.471. The molecule has 0 aliphatic heterocycles. The van der Waals surface area contributed by atoms with Gasteiger partial charge in [0, 0.05) is 17.0 Å². The zero-order valence-corrected chi connectivity index (χ0v) is 14.8. The number of aryl methyl sites for hydroxylation is 5. The van der Waals surface area contributed by atoms with Crippen molar-refractivity contribution in [3.63, 3.8) is 0 Å². The summed E-state index contributed by atoms with van der Waals surface area (Å²) in [7, 11) is 0. The van der Waals surface area contributed by atoms with E-state index in [1.54, 1.807) is 4.68 Å². The van der Waals surface area contributed by atoms with Gasteiger partial charge in [-0.2, -0.15) is 5.10 Å². The van der Waals surface area contributed by atoms with Gasteiger partial charge < -0.3 is 0 Å². The van der Waals surface area contributed by atoms with Crippen LogP contribution in [0, 0.1) is 13.8 Å². The molecule has 0 spiro atoms. The highest BCUT2D eigenvalue weighted by atomic mass is 32.1. The first kappa shape index (κ1) is 16.7. The lowest BCUT2D eigenvalue weighted by Gasteiger charge is -2.08. The minimum Gasteiger partial charge on any atom is -0.273 e. The van der Waals surface area contributed by atoms with E-state index < -0.39 is 0 Å². The molecule has 2 N–H and O–H groups in total. The average molecular weight is 346 g/mol. The standard InChI is InChI=1S/C17H22N4O2S/c1-11-9-12(2)21(20-11)8-7-16(22)18-19-17(23)15-10-13-5-3-4-6-14(13)24-15/h9-10H,3-8H2,1-2H3,(H,18,22)(H,19,23). The van der Waals surface area contributed by atoms with Gasteiger partial charge in [0.15, 0.2) is 0 Å². The molecule has 0 atom stereocenters. The van der Waals surface area contributed by atoms with Crippen LogP contribution in [0.3, 0.4) is 0 Å². The second-order valence-corrected chi connectivity index (χ2v) is 7.31. The van der Waals surface area contributed by atoms with Crippen LogP contribution in [-0.2, 0) is 24.2 Å². The topological polar surface area (TPSA) is 76.0 Å². The summed E-state index contributed by atoms with van der Waals surface area (Å²) in [5, 5.41) is 4.31. The zero-order valence-electron chi connectivity index (χ0n) is 14.0. The number of hydrazine groups is 1. The molecule has 0 radical (unpaired) electrons. The number of hydrogen-bond acceptors (Lipinski definition) is 4. The van der Waals surface area contributed by atoms with Gasteiger partial charge in [-0.25, -0.2) is 0 Å². The van der Waals surface area contributed by atoms with Gasteiger partial charge in [-0.15, -0.1) is 11.3 Å². The normalized spacial score (nSPS) is 13.4. The van der Waals surface area contributed by atoms with Crippen LogP contribution in [-0.4, -0.2) is 21.6 Å². The van der Waals surface area contributed by atoms with Gasteiger partial charge in [0.25, 0.3) is 5.91 Å². The molecule has 0 saturated heterocycles. The highest BCUT2D eigenvalue weighted by molar-refractivity contribution is 7.14. The van der Waals surface area contributed by atoms with Gasteiger partial charge in [0.2, 0.25) is 5.91 Å². The van der Waals surface area contributed by atoms with Crippen LogP contribution in [0.4, 0.5) is 0 Å². The van der Waals surface area contributed by atoms with Gasteiger partial charge in [-0.05, 0) is 57.2 Å². The highest BCUT2D eigenvalue weighted by Crippen LogP contribution is 2.29. The Bertz CT molecular complexity index is 739. The molecule has 0 unspecified atom stereocenters. The Hall–Kier alpha value is -2.15. The number of nitrogens with one attached hydrogen (secondary N) is 2. The lowest BCUT2D eigenvalue weighted by atomic mass is 9.99. The van der Waals surface area contributed by atoms with Crippen molar-refractivity contribution in [1.29, 1.82) is 0 Å². The highest BCUT2D eigenvalue weighted by Gasteiger charge is 2.17. The maximum atomic E-state index is 12.2. The van der Waals surface area contributed by atoms with Crippen LogP contribution in [0.25, 0.3) is 0 Å². The Morgan fingerprint density at radius 1 is 1.21 bits per heavy atom. The van der Waals surface area contributed by atoms with Crippen molar-refractivity contribution >= 4 is 23.2 Å². The minimum absolute atomic E-state index is 0.225. The van der Waals surface area contributed by atoms with Gasteiger partial charge in [-0.3, -0.25) is 25.1 Å². The molecule has 3 rings (SSSR count). The first-order valence-corrected chi connectivity index (χ1v) is 9.06. The van der Waals surface area contributed by atoms with Crippen molar-refractivity contribution in [3.05, 3.63) is 38.8 Å². The maximum absolute atomic E-state index is 12.2. The molecule has 1 aliphatic rings. The fourth-order valence-electron chi connectivity index (χ4n) is 2.96. The Kier molecular flexibility index (Phi) is 4.99. The number of amides is 2. The predicted molar refractivity (Wildman–Crippen MR) is 92.9 cm³/mol. The van der Waals surface area contributed by atoms with Gasteiger partial charge in [-0.1, -0.05) is 0 Å². The Labute approximate surface area is 145 Å². The predicted octanol–water partition coefficient (Wildman–Crippen LogP) is 2.29. The summed E-state index contributed by atoms with van der Waals surface area (Å²) in [6.07, 6.45) is 4.76. The zero-order chi connectivity index (χ0) is 17.1. The number of hydrogen-bond donors (Lipinski definition) is 2. The smallest absolute Gasteiger partial charge is 0.273 e. The van der Waals surface area contributed by atoms with Crippen molar-refractivity contribution < 1.29 is 9.59 Å². The molecule has 2 amide bonds. The number of aromatic nitrogens is 2. The van der Waals surface area contributed by atoms with Crippen molar-refractivity contribution in [2.45, 2.75) is 52.5 Å². The van der Waals surface area contributed by atoms with E-state index in [4.69, 9.17) is 0 Å². The van der Waals surface area contributed by atoms with E-state index in [-0.39, 0.29) is 18.2 Å². The first-order valence-electron chi connectivity index (χ1n) is 8.25. The molecular weight excluding hydrogens is 324 g/mol. The van der Waals surface area contributed by atoms with E-state index in [0.717, 1.165) is 24.2 Å². The van der Waals surface area contributed by atoms with E-state index >= 15 is 0 Å². The molecule has 6 nitrogen and oxygen atoms in total. The van der Waals surface area contributed by atoms with E-state index in [1.807, 2.05) is 26.0 Å². The minimum atomic E-state index is -0.242. The van der Waals surface area contributed by atoms with Crippen LogP contribution < -0.4 is 10.9 Å². The van der Waals surface area contributed by atoms with Gasteiger partial charge in [0.1, 0.15) is 0 Å². The third-order valence-corrected chi connectivity index (χ3v) is 5.43. The molecule has 0 aromatic carbocycles. The number of thiophene rings is 1. The maximum Gasteiger partial charge on any atom is 0.279 e. The Morgan fingerprint density at radius 3 is 2.71 bits per heavy atom. The second kappa shape index (κ2) is 7.17. The largest absolute Gasteiger partial charge is 0.279 e. The summed E-state index contributed by atoms with van der Waals surface area (Å²) in [4.78, 5) is 26.0. The summed E-state index contributed by atoms with van der Waals surface area (Å²) >= 11 is 1.53. The molecule has 0 fully saturated rings. The molecule has 2 aromatic heterocycles. The number of carbonyl (C=O) groups is 2. The van der Waals surface area contributed by atoms with Crippen molar-refractivity contribution in [1.82, 2.24) is 20.6 Å². The fourth-order valence-corrected chi connectivity index (χ4v) is 4.11. The monoisotopic (exact) mass is 346 g/mol. The lowest BCUT2D eigenvalue weighted by molar-refractivity contribution is -0.122. The molecule has 2 heterocycles. The molecule has 7 heteroatoms. The van der Waals surface area contributed by atoms with Crippen LogP contribution in [0.15, 0.2) is 12.1 Å². The molecular formula is C17H22N4O2S. The SMILES string of the molecule is Cc1cc(C)n(CCC(=O)NNC(=O)c2cc3c(s2)CCCC3)n1. The summed E-state index contributed by atoms with van der Waals surface area (Å²) in [5.74, 6) is -0.467. The summed E-state index contributed by atoms with van der Waals surface area (Å²) < 4.78 is 1.80. The van der Waals surface area contributed by atoms with Crippen LogP contribution in [0.5, 0.6) is 0 Å². The van der Waals surface area contributed by atoms with Crippen molar-refractivity contribution in [2.24, 2.45) is 0 Å². The Balaban J connectivity index is 1.48. The van der Waals surface area contributed by atoms with E-state index in [9.17, 15) is 9.59 Å². The molecule has 2 aromatic rings. The lowest BCUT2D eigenvalue weighted by Crippen LogP contribution is -2.41. The second-order valence-electron chi connectivity index (χ2n) is 6.17. The van der Waals surface area contributed by atoms with E-state index in [1.165, 1.54) is 34.6 Å². The summed E-state index contributed by atoms with van der Waals surface area (Å²) in [5.41, 5.74) is 8.23. The quantitative estimate of drug-likeness (QED) is 0.834. The average Bonchev–Trinajstić information content (AvgIpc) is 3.13. The molecule has 0 bridgehead atoms. The van der Waals surface area contributed by atoms with Gasteiger partial charge in [0.05, 0.1) is 17.1 Å². The summed E-state index contributed by atoms with van der Waals surface area (Å²) in [6, 6.07) is 3.93. The van der Waals surface area contributed by atoms with Crippen LogP contribution in [0.2, 0.25) is 0 Å².